The number of methoxy groups -OCH3 is 1. The number of hydrogen-bond acceptors (Lipinski definition) is 6. The van der Waals surface area contributed by atoms with Gasteiger partial charge in [0.05, 0.1) is 17.8 Å². The highest BCUT2D eigenvalue weighted by molar-refractivity contribution is 6.32. The van der Waals surface area contributed by atoms with E-state index in [9.17, 15) is 4.79 Å². The number of aryl methyl sites for hydroxylation is 1. The smallest absolute Gasteiger partial charge is 0.341 e. The van der Waals surface area contributed by atoms with E-state index in [1.54, 1.807) is 24.3 Å². The van der Waals surface area contributed by atoms with Crippen LogP contribution in [-0.2, 0) is 4.79 Å². The second-order valence-corrected chi connectivity index (χ2v) is 6.34. The zero-order valence-electron chi connectivity index (χ0n) is 15.3. The van der Waals surface area contributed by atoms with Crippen molar-refractivity contribution in [3.63, 3.8) is 0 Å². The first kappa shape index (κ1) is 19.4. The van der Waals surface area contributed by atoms with E-state index in [2.05, 4.69) is 15.3 Å². The molecule has 0 aliphatic rings. The molecule has 0 amide bonds. The minimum atomic E-state index is -1.09. The number of aliphatic carboxylic acids is 1. The molecule has 144 valence electrons. The molecule has 0 spiro atoms. The van der Waals surface area contributed by atoms with Crippen LogP contribution in [0.3, 0.4) is 0 Å². The van der Waals surface area contributed by atoms with E-state index in [1.807, 2.05) is 31.2 Å². The monoisotopic (exact) mass is 399 g/mol. The maximum atomic E-state index is 10.8. The van der Waals surface area contributed by atoms with Gasteiger partial charge in [-0.1, -0.05) is 41.4 Å². The number of halogens is 1. The first-order chi connectivity index (χ1) is 13.4. The third-order valence-corrected chi connectivity index (χ3v) is 4.10. The van der Waals surface area contributed by atoms with Gasteiger partial charge in [0, 0.05) is 17.3 Å². The predicted molar refractivity (Wildman–Crippen MR) is 107 cm³/mol. The van der Waals surface area contributed by atoms with E-state index >= 15 is 0 Å². The number of carboxylic acid groups (broad SMARTS) is 1. The summed E-state index contributed by atoms with van der Waals surface area (Å²) in [5.74, 6) is -0.145. The number of hydrogen-bond donors (Lipinski definition) is 2. The molecule has 0 saturated carbocycles. The van der Waals surface area contributed by atoms with Gasteiger partial charge < -0.3 is 19.9 Å². The molecule has 3 rings (SSSR count). The van der Waals surface area contributed by atoms with E-state index in [0.29, 0.717) is 22.2 Å². The number of carboxylic acids is 1. The molecule has 0 saturated heterocycles. The third kappa shape index (κ3) is 4.89. The first-order valence-corrected chi connectivity index (χ1v) is 8.73. The Morgan fingerprint density at radius 3 is 2.54 bits per heavy atom. The highest BCUT2D eigenvalue weighted by Crippen LogP contribution is 2.29. The zero-order chi connectivity index (χ0) is 20.1. The Balaban J connectivity index is 1.95. The fourth-order valence-corrected chi connectivity index (χ4v) is 2.69. The van der Waals surface area contributed by atoms with Gasteiger partial charge in [-0.25, -0.2) is 9.78 Å². The van der Waals surface area contributed by atoms with Gasteiger partial charge in [-0.15, -0.1) is 0 Å². The van der Waals surface area contributed by atoms with Gasteiger partial charge in [0.1, 0.15) is 5.75 Å². The molecule has 0 fully saturated rings. The summed E-state index contributed by atoms with van der Waals surface area (Å²) in [7, 11) is 1.54. The Hall–Kier alpha value is -3.32. The minimum absolute atomic E-state index is 0.148. The summed E-state index contributed by atoms with van der Waals surface area (Å²) >= 11 is 6.16. The lowest BCUT2D eigenvalue weighted by atomic mass is 10.1. The molecule has 2 aromatic carbocycles. The number of aromatic nitrogens is 2. The van der Waals surface area contributed by atoms with Crippen LogP contribution in [0.15, 0.2) is 48.5 Å². The zero-order valence-corrected chi connectivity index (χ0v) is 16.0. The highest BCUT2D eigenvalue weighted by Gasteiger charge is 2.11. The summed E-state index contributed by atoms with van der Waals surface area (Å²) in [5.41, 5.74) is 3.21. The summed E-state index contributed by atoms with van der Waals surface area (Å²) in [5, 5.41) is 12.4. The minimum Gasteiger partial charge on any atom is -0.495 e. The summed E-state index contributed by atoms with van der Waals surface area (Å²) in [4.78, 5) is 19.6. The van der Waals surface area contributed by atoms with Gasteiger partial charge in [-0.2, -0.15) is 4.98 Å². The Bertz CT molecular complexity index is 993. The maximum absolute atomic E-state index is 10.8. The molecular formula is C20H18ClN3O4. The molecule has 8 heteroatoms. The number of ether oxygens (including phenoxy) is 2. The molecule has 2 N–H and O–H groups in total. The third-order valence-electron chi connectivity index (χ3n) is 3.80. The van der Waals surface area contributed by atoms with Crippen molar-refractivity contribution in [3.05, 3.63) is 59.1 Å². The van der Waals surface area contributed by atoms with Crippen molar-refractivity contribution in [3.8, 4) is 22.9 Å². The largest absolute Gasteiger partial charge is 0.495 e. The van der Waals surface area contributed by atoms with E-state index < -0.39 is 12.6 Å². The lowest BCUT2D eigenvalue weighted by Gasteiger charge is -2.11. The molecular weight excluding hydrogens is 382 g/mol. The molecule has 0 bridgehead atoms. The summed E-state index contributed by atoms with van der Waals surface area (Å²) in [6.45, 7) is 1.49. The SMILES string of the molecule is COc1ccc(Nc2nc(OCC(=O)O)cc(-c3ccc(C)cc3)n2)cc1Cl. The Labute approximate surface area is 166 Å². The molecule has 0 radical (unpaired) electrons. The number of nitrogens with zero attached hydrogens (tertiary/aromatic N) is 2. The van der Waals surface area contributed by atoms with Crippen LogP contribution in [0.5, 0.6) is 11.6 Å². The standard InChI is InChI=1S/C20H18ClN3O4/c1-12-3-5-13(6-4-12)16-10-18(28-11-19(25)26)24-20(23-16)22-14-7-8-17(27-2)15(21)9-14/h3-10H,11H2,1-2H3,(H,25,26)(H,22,23,24). The van der Waals surface area contributed by atoms with Gasteiger partial charge in [0.15, 0.2) is 6.61 Å². The van der Waals surface area contributed by atoms with Crippen LogP contribution in [0.2, 0.25) is 5.02 Å². The molecule has 7 nitrogen and oxygen atoms in total. The Morgan fingerprint density at radius 1 is 1.14 bits per heavy atom. The topological polar surface area (TPSA) is 93.6 Å². The number of anilines is 2. The van der Waals surface area contributed by atoms with Crippen molar-refractivity contribution in [1.82, 2.24) is 9.97 Å². The van der Waals surface area contributed by atoms with Crippen LogP contribution < -0.4 is 14.8 Å². The van der Waals surface area contributed by atoms with Crippen molar-refractivity contribution in [2.75, 3.05) is 19.0 Å². The van der Waals surface area contributed by atoms with E-state index in [0.717, 1.165) is 11.1 Å². The maximum Gasteiger partial charge on any atom is 0.341 e. The van der Waals surface area contributed by atoms with Crippen molar-refractivity contribution in [1.29, 1.82) is 0 Å². The first-order valence-electron chi connectivity index (χ1n) is 8.36. The molecule has 28 heavy (non-hydrogen) atoms. The van der Waals surface area contributed by atoms with Gasteiger partial charge in [0.25, 0.3) is 0 Å². The predicted octanol–water partition coefficient (Wildman–Crippen LogP) is 4.32. The quantitative estimate of drug-likeness (QED) is 0.611. The van der Waals surface area contributed by atoms with Gasteiger partial charge >= 0.3 is 5.97 Å². The van der Waals surface area contributed by atoms with Crippen LogP contribution in [0.1, 0.15) is 5.56 Å². The summed E-state index contributed by atoms with van der Waals surface area (Å²) < 4.78 is 10.4. The Morgan fingerprint density at radius 2 is 1.89 bits per heavy atom. The van der Waals surface area contributed by atoms with Crippen LogP contribution in [0.4, 0.5) is 11.6 Å². The van der Waals surface area contributed by atoms with E-state index in [-0.39, 0.29) is 11.8 Å². The van der Waals surface area contributed by atoms with E-state index in [1.165, 1.54) is 7.11 Å². The van der Waals surface area contributed by atoms with E-state index in [4.69, 9.17) is 26.2 Å². The second-order valence-electron chi connectivity index (χ2n) is 5.94. The molecule has 0 unspecified atom stereocenters. The average Bonchev–Trinajstić information content (AvgIpc) is 2.67. The lowest BCUT2D eigenvalue weighted by molar-refractivity contribution is -0.139. The number of rotatable bonds is 7. The second kappa shape index (κ2) is 8.58. The highest BCUT2D eigenvalue weighted by atomic mass is 35.5. The van der Waals surface area contributed by atoms with Gasteiger partial charge in [-0.3, -0.25) is 0 Å². The van der Waals surface area contributed by atoms with Gasteiger partial charge in [-0.05, 0) is 25.1 Å². The van der Waals surface area contributed by atoms with Crippen molar-refractivity contribution in [2.45, 2.75) is 6.92 Å². The molecule has 1 aromatic heterocycles. The summed E-state index contributed by atoms with van der Waals surface area (Å²) in [6.07, 6.45) is 0. The van der Waals surface area contributed by atoms with Crippen LogP contribution >= 0.6 is 11.6 Å². The lowest BCUT2D eigenvalue weighted by Crippen LogP contribution is -2.11. The molecule has 0 aliphatic carbocycles. The number of nitrogens with one attached hydrogen (secondary N) is 1. The molecule has 3 aromatic rings. The van der Waals surface area contributed by atoms with Crippen LogP contribution in [0.25, 0.3) is 11.3 Å². The summed E-state index contributed by atoms with van der Waals surface area (Å²) in [6, 6.07) is 14.5. The fraction of sp³-hybridized carbons (Fsp3) is 0.150. The van der Waals surface area contributed by atoms with Crippen LogP contribution in [0, 0.1) is 6.92 Å². The molecule has 0 aliphatic heterocycles. The average molecular weight is 400 g/mol. The van der Waals surface area contributed by atoms with Gasteiger partial charge in [0.2, 0.25) is 11.8 Å². The number of carbonyl (C=O) groups is 1. The van der Waals surface area contributed by atoms with Crippen molar-refractivity contribution >= 4 is 29.2 Å². The van der Waals surface area contributed by atoms with Crippen LogP contribution in [-0.4, -0.2) is 34.8 Å². The Kier molecular flexibility index (Phi) is 5.96. The number of benzene rings is 2. The molecule has 1 heterocycles. The van der Waals surface area contributed by atoms with Crippen molar-refractivity contribution < 1.29 is 19.4 Å². The fourth-order valence-electron chi connectivity index (χ4n) is 2.44. The van der Waals surface area contributed by atoms with Crippen molar-refractivity contribution in [2.24, 2.45) is 0 Å². The normalized spacial score (nSPS) is 10.4. The molecule has 0 atom stereocenters.